The molecular formula is C10H14O2Se. The van der Waals surface area contributed by atoms with Crippen LogP contribution in [0.2, 0.25) is 5.82 Å². The summed E-state index contributed by atoms with van der Waals surface area (Å²) < 4.78 is 5.70. The molecule has 3 heteroatoms. The fourth-order valence-electron chi connectivity index (χ4n) is 2.08. The van der Waals surface area contributed by atoms with E-state index in [0.29, 0.717) is 20.7 Å². The van der Waals surface area contributed by atoms with Crippen LogP contribution >= 0.6 is 0 Å². The molecule has 1 fully saturated rings. The first-order valence-corrected chi connectivity index (χ1v) is 7.14. The van der Waals surface area contributed by atoms with E-state index in [-0.39, 0.29) is 22.4 Å². The van der Waals surface area contributed by atoms with E-state index < -0.39 is 0 Å². The summed E-state index contributed by atoms with van der Waals surface area (Å²) >= 11 is 0.341. The number of hydrogen-bond donors (Lipinski definition) is 0. The van der Waals surface area contributed by atoms with Gasteiger partial charge in [0, 0.05) is 0 Å². The molecule has 0 saturated carbocycles. The molecule has 2 bridgehead atoms. The second-order valence-corrected chi connectivity index (χ2v) is 5.98. The fourth-order valence-corrected chi connectivity index (χ4v) is 3.95. The third-order valence-electron chi connectivity index (χ3n) is 3.13. The van der Waals surface area contributed by atoms with E-state index in [2.05, 4.69) is 18.0 Å². The molecule has 0 aromatic rings. The Morgan fingerprint density at radius 1 is 1.54 bits per heavy atom. The molecule has 0 amide bonds. The average molecular weight is 245 g/mol. The zero-order chi connectivity index (χ0) is 9.64. The van der Waals surface area contributed by atoms with Crippen LogP contribution in [0.15, 0.2) is 12.2 Å². The first-order chi connectivity index (χ1) is 6.10. The number of Topliss-reactive ketones (excluding diaryl/α,β-unsaturated/α-hetero) is 1. The number of ether oxygens (including phenoxy) is 1. The topological polar surface area (TPSA) is 26.3 Å². The molecule has 2 aliphatic rings. The molecule has 2 rings (SSSR count). The fraction of sp³-hybridized carbons (Fsp3) is 0.700. The molecule has 0 aromatic carbocycles. The van der Waals surface area contributed by atoms with Gasteiger partial charge in [-0.15, -0.1) is 0 Å². The molecule has 0 aromatic heterocycles. The molecule has 4 atom stereocenters. The second kappa shape index (κ2) is 2.94. The Labute approximate surface area is 84.9 Å². The normalized spacial score (nSPS) is 48.5. The zero-order valence-corrected chi connectivity index (χ0v) is 9.82. The van der Waals surface area contributed by atoms with Gasteiger partial charge in [0.2, 0.25) is 0 Å². The van der Waals surface area contributed by atoms with Crippen LogP contribution in [0.25, 0.3) is 0 Å². The van der Waals surface area contributed by atoms with Crippen LogP contribution in [0.4, 0.5) is 0 Å². The van der Waals surface area contributed by atoms with Crippen molar-refractivity contribution >= 4 is 20.7 Å². The monoisotopic (exact) mass is 246 g/mol. The average Bonchev–Trinajstić information content (AvgIpc) is 2.55. The van der Waals surface area contributed by atoms with Crippen molar-refractivity contribution in [3.8, 4) is 0 Å². The SMILES string of the molecule is C[Se][C@]12C=C[C@@H](O1)[C@H](C)C(=O)[C@@H]2C. The minimum atomic E-state index is -0.221. The van der Waals surface area contributed by atoms with E-state index in [0.717, 1.165) is 0 Å². The summed E-state index contributed by atoms with van der Waals surface area (Å²) in [4.78, 5) is 11.8. The quantitative estimate of drug-likeness (QED) is 0.513. The van der Waals surface area contributed by atoms with E-state index in [9.17, 15) is 4.79 Å². The van der Waals surface area contributed by atoms with Crippen molar-refractivity contribution in [3.05, 3.63) is 12.2 Å². The van der Waals surface area contributed by atoms with Crippen molar-refractivity contribution in [2.45, 2.75) is 30.3 Å². The van der Waals surface area contributed by atoms with Crippen LogP contribution < -0.4 is 0 Å². The number of fused-ring (bicyclic) bond motifs is 2. The molecule has 0 spiro atoms. The molecule has 72 valence electrons. The van der Waals surface area contributed by atoms with Gasteiger partial charge in [-0.2, -0.15) is 0 Å². The molecule has 0 N–H and O–H groups in total. The molecular weight excluding hydrogens is 231 g/mol. The maximum atomic E-state index is 11.8. The van der Waals surface area contributed by atoms with Crippen LogP contribution in [0, 0.1) is 11.8 Å². The van der Waals surface area contributed by atoms with Gasteiger partial charge in [0.1, 0.15) is 0 Å². The molecule has 0 unspecified atom stereocenters. The van der Waals surface area contributed by atoms with E-state index in [1.54, 1.807) is 0 Å². The molecule has 2 nitrogen and oxygen atoms in total. The Morgan fingerprint density at radius 3 is 2.85 bits per heavy atom. The first-order valence-electron chi connectivity index (χ1n) is 4.57. The van der Waals surface area contributed by atoms with Gasteiger partial charge in [-0.1, -0.05) is 0 Å². The van der Waals surface area contributed by atoms with E-state index >= 15 is 0 Å². The number of carbonyl (C=O) groups is 1. The molecule has 0 radical (unpaired) electrons. The van der Waals surface area contributed by atoms with Crippen LogP contribution in [0.1, 0.15) is 13.8 Å². The van der Waals surface area contributed by atoms with Crippen molar-refractivity contribution < 1.29 is 9.53 Å². The second-order valence-electron chi connectivity index (χ2n) is 3.78. The van der Waals surface area contributed by atoms with Crippen LogP contribution in [0.3, 0.4) is 0 Å². The number of carbonyl (C=O) groups excluding carboxylic acids is 1. The predicted octanol–water partition coefficient (Wildman–Crippen LogP) is 1.24. The van der Waals surface area contributed by atoms with Gasteiger partial charge < -0.3 is 0 Å². The summed E-state index contributed by atoms with van der Waals surface area (Å²) in [6.07, 6.45) is 4.23. The van der Waals surface area contributed by atoms with Crippen molar-refractivity contribution in [2.75, 3.05) is 0 Å². The zero-order valence-electron chi connectivity index (χ0n) is 8.11. The standard InChI is InChI=1S/C10H14O2Se/c1-6-8-4-5-10(12-8,13-3)7(2)9(6)11/h4-8H,1-3H3/t6-,7-,8+,10-/m0/s1. The maximum absolute atomic E-state index is 11.8. The Balaban J connectivity index is 2.36. The summed E-state index contributed by atoms with van der Waals surface area (Å²) in [5.74, 6) is 2.59. The number of hydrogen-bond acceptors (Lipinski definition) is 2. The van der Waals surface area contributed by atoms with Crippen molar-refractivity contribution in [1.29, 1.82) is 0 Å². The molecule has 2 heterocycles. The van der Waals surface area contributed by atoms with Crippen molar-refractivity contribution in [2.24, 2.45) is 11.8 Å². The summed E-state index contributed by atoms with van der Waals surface area (Å²) in [6, 6.07) is 0. The van der Waals surface area contributed by atoms with Gasteiger partial charge in [0.25, 0.3) is 0 Å². The Hall–Kier alpha value is -0.111. The molecule has 1 saturated heterocycles. The van der Waals surface area contributed by atoms with E-state index in [1.165, 1.54) is 0 Å². The van der Waals surface area contributed by atoms with Crippen LogP contribution in [-0.4, -0.2) is 31.3 Å². The van der Waals surface area contributed by atoms with Crippen molar-refractivity contribution in [1.82, 2.24) is 0 Å². The first kappa shape index (κ1) is 9.44. The number of rotatable bonds is 1. The van der Waals surface area contributed by atoms with Crippen LogP contribution in [0.5, 0.6) is 0 Å². The summed E-state index contributed by atoms with van der Waals surface area (Å²) in [7, 11) is 0. The van der Waals surface area contributed by atoms with Gasteiger partial charge >= 0.3 is 84.5 Å². The Kier molecular flexibility index (Phi) is 2.14. The summed E-state index contributed by atoms with van der Waals surface area (Å²) in [6.45, 7) is 3.96. The third-order valence-corrected chi connectivity index (χ3v) is 5.70. The van der Waals surface area contributed by atoms with Gasteiger partial charge in [-0.05, 0) is 0 Å². The van der Waals surface area contributed by atoms with Crippen LogP contribution in [-0.2, 0) is 9.53 Å². The minimum absolute atomic E-state index is 0.0440. The molecule has 13 heavy (non-hydrogen) atoms. The van der Waals surface area contributed by atoms with Gasteiger partial charge in [0.15, 0.2) is 0 Å². The third kappa shape index (κ3) is 1.14. The number of ketones is 1. The van der Waals surface area contributed by atoms with Gasteiger partial charge in [0.05, 0.1) is 0 Å². The van der Waals surface area contributed by atoms with Gasteiger partial charge in [-0.3, -0.25) is 0 Å². The van der Waals surface area contributed by atoms with E-state index in [4.69, 9.17) is 4.74 Å². The summed E-state index contributed by atoms with van der Waals surface area (Å²) in [5.41, 5.74) is 0. The summed E-state index contributed by atoms with van der Waals surface area (Å²) in [5, 5.41) is 0. The molecule has 0 aliphatic carbocycles. The van der Waals surface area contributed by atoms with E-state index in [1.807, 2.05) is 13.8 Å². The Morgan fingerprint density at radius 2 is 2.23 bits per heavy atom. The van der Waals surface area contributed by atoms with Crippen molar-refractivity contribution in [3.63, 3.8) is 0 Å². The molecule has 2 aliphatic heterocycles. The van der Waals surface area contributed by atoms with Gasteiger partial charge in [-0.25, -0.2) is 0 Å². The predicted molar refractivity (Wildman–Crippen MR) is 51.7 cm³/mol. The Bertz CT molecular complexity index is 274.